The molecular formula is C26H30IN3O3S. The second-order valence-corrected chi connectivity index (χ2v) is 8.15. The second-order valence-electron chi connectivity index (χ2n) is 7.38. The molecule has 8 heteroatoms. The van der Waals surface area contributed by atoms with E-state index in [1.807, 2.05) is 54.8 Å². The maximum Gasteiger partial charge on any atom is 0.221 e. The Morgan fingerprint density at radius 1 is 0.853 bits per heavy atom. The van der Waals surface area contributed by atoms with Gasteiger partial charge in [0.2, 0.25) is 5.91 Å². The summed E-state index contributed by atoms with van der Waals surface area (Å²) in [5.41, 5.74) is 3.89. The third-order valence-electron chi connectivity index (χ3n) is 4.93. The lowest BCUT2D eigenvalue weighted by molar-refractivity contribution is -0.114. The first kappa shape index (κ1) is 27.5. The van der Waals surface area contributed by atoms with Crippen molar-refractivity contribution in [2.45, 2.75) is 20.0 Å². The number of hydrogen-bond donors (Lipinski definition) is 1. The minimum atomic E-state index is -0.0961. The summed E-state index contributed by atoms with van der Waals surface area (Å²) in [7, 11) is 3.33. The number of anilines is 1. The highest BCUT2D eigenvalue weighted by Crippen LogP contribution is 2.23. The van der Waals surface area contributed by atoms with Crippen LogP contribution in [0.2, 0.25) is 0 Å². The lowest BCUT2D eigenvalue weighted by atomic mass is 10.1. The number of methoxy groups -OCH3 is 2. The number of nitrogens with zero attached hydrogens (tertiary/aromatic N) is 2. The topological polar surface area (TPSA) is 63.2 Å². The highest BCUT2D eigenvalue weighted by atomic mass is 127. The summed E-state index contributed by atoms with van der Waals surface area (Å²) in [5.74, 6) is 1.57. The SMILES string of the molecule is COc1ccc(CN(Cc2ccc(OC)cc2)C(=Nc2ccc(NC(C)=O)cc2)SC)cc1.I. The van der Waals surface area contributed by atoms with E-state index in [9.17, 15) is 4.79 Å². The normalized spacial score (nSPS) is 10.8. The van der Waals surface area contributed by atoms with Gasteiger partial charge in [0.25, 0.3) is 0 Å². The maximum absolute atomic E-state index is 11.3. The fourth-order valence-corrected chi connectivity index (χ4v) is 3.86. The van der Waals surface area contributed by atoms with Gasteiger partial charge in [-0.3, -0.25) is 4.79 Å². The highest BCUT2D eigenvalue weighted by molar-refractivity contribution is 14.0. The molecule has 3 rings (SSSR count). The van der Waals surface area contributed by atoms with Crippen molar-refractivity contribution in [3.63, 3.8) is 0 Å². The van der Waals surface area contributed by atoms with Crippen molar-refractivity contribution in [3.8, 4) is 11.5 Å². The van der Waals surface area contributed by atoms with E-state index in [-0.39, 0.29) is 29.9 Å². The van der Waals surface area contributed by atoms with Gasteiger partial charge in [0.05, 0.1) is 19.9 Å². The number of hydrogen-bond acceptors (Lipinski definition) is 5. The Labute approximate surface area is 222 Å². The molecule has 0 fully saturated rings. The zero-order valence-corrected chi connectivity index (χ0v) is 22.9. The number of benzene rings is 3. The fraction of sp³-hybridized carbons (Fsp3) is 0.231. The largest absolute Gasteiger partial charge is 0.497 e. The molecule has 6 nitrogen and oxygen atoms in total. The minimum absolute atomic E-state index is 0. The first-order chi connectivity index (χ1) is 16.0. The van der Waals surface area contributed by atoms with Crippen LogP contribution in [0, 0.1) is 0 Å². The maximum atomic E-state index is 11.3. The van der Waals surface area contributed by atoms with Gasteiger partial charge in [-0.05, 0) is 65.9 Å². The van der Waals surface area contributed by atoms with Crippen LogP contribution in [0.3, 0.4) is 0 Å². The molecule has 0 saturated carbocycles. The Kier molecular flexibility index (Phi) is 11.2. The number of amidine groups is 1. The summed E-state index contributed by atoms with van der Waals surface area (Å²) in [4.78, 5) is 18.4. The van der Waals surface area contributed by atoms with Crippen LogP contribution in [0.5, 0.6) is 11.5 Å². The third-order valence-corrected chi connectivity index (χ3v) is 5.65. The van der Waals surface area contributed by atoms with E-state index < -0.39 is 0 Å². The summed E-state index contributed by atoms with van der Waals surface area (Å²) in [6.45, 7) is 2.88. The van der Waals surface area contributed by atoms with Crippen molar-refractivity contribution >= 4 is 58.2 Å². The van der Waals surface area contributed by atoms with Crippen molar-refractivity contribution in [1.82, 2.24) is 4.90 Å². The number of nitrogens with one attached hydrogen (secondary N) is 1. The van der Waals surface area contributed by atoms with Gasteiger partial charge in [-0.25, -0.2) is 4.99 Å². The van der Waals surface area contributed by atoms with Crippen molar-refractivity contribution < 1.29 is 14.3 Å². The van der Waals surface area contributed by atoms with Gasteiger partial charge in [-0.2, -0.15) is 0 Å². The lowest BCUT2D eigenvalue weighted by Crippen LogP contribution is -2.27. The number of aliphatic imine (C=N–C) groups is 1. The molecule has 3 aromatic carbocycles. The molecule has 0 unspecified atom stereocenters. The standard InChI is InChI=1S/C26H29N3O3S.HI/c1-19(30)27-22-9-11-23(12-10-22)28-26(33-4)29(17-20-5-13-24(31-2)14-6-20)18-21-7-15-25(32-3)16-8-21;/h5-16H,17-18H2,1-4H3,(H,27,30);1H. The molecule has 0 atom stereocenters. The summed E-state index contributed by atoms with van der Waals surface area (Å²) in [6, 6.07) is 23.7. The number of halogens is 1. The molecular weight excluding hydrogens is 561 g/mol. The van der Waals surface area contributed by atoms with E-state index in [1.165, 1.54) is 6.92 Å². The van der Waals surface area contributed by atoms with E-state index in [4.69, 9.17) is 14.5 Å². The summed E-state index contributed by atoms with van der Waals surface area (Å²) in [5, 5.41) is 3.68. The average Bonchev–Trinajstić information content (AvgIpc) is 2.84. The predicted molar refractivity (Wildman–Crippen MR) is 152 cm³/mol. The number of amides is 1. The van der Waals surface area contributed by atoms with Crippen molar-refractivity contribution in [2.24, 2.45) is 4.99 Å². The summed E-state index contributed by atoms with van der Waals surface area (Å²) < 4.78 is 10.6. The van der Waals surface area contributed by atoms with Crippen LogP contribution in [0.25, 0.3) is 0 Å². The number of rotatable bonds is 8. The average molecular weight is 592 g/mol. The molecule has 0 radical (unpaired) electrons. The van der Waals surface area contributed by atoms with Crippen LogP contribution in [0.15, 0.2) is 77.8 Å². The zero-order valence-electron chi connectivity index (χ0n) is 19.8. The Balaban J connectivity index is 0.00000408. The molecule has 0 bridgehead atoms. The van der Waals surface area contributed by atoms with E-state index >= 15 is 0 Å². The molecule has 0 spiro atoms. The number of ether oxygens (including phenoxy) is 2. The number of thioether (sulfide) groups is 1. The van der Waals surface area contributed by atoms with Gasteiger partial charge in [0.1, 0.15) is 11.5 Å². The molecule has 0 aromatic heterocycles. The summed E-state index contributed by atoms with van der Waals surface area (Å²) in [6.07, 6.45) is 2.03. The van der Waals surface area contributed by atoms with E-state index in [0.29, 0.717) is 13.1 Å². The van der Waals surface area contributed by atoms with Crippen LogP contribution in [-0.2, 0) is 17.9 Å². The molecule has 1 amide bonds. The van der Waals surface area contributed by atoms with Crippen molar-refractivity contribution in [3.05, 3.63) is 83.9 Å². The Morgan fingerprint density at radius 2 is 1.32 bits per heavy atom. The minimum Gasteiger partial charge on any atom is -0.497 e. The van der Waals surface area contributed by atoms with Crippen LogP contribution in [0.1, 0.15) is 18.1 Å². The molecule has 1 N–H and O–H groups in total. The van der Waals surface area contributed by atoms with E-state index in [1.54, 1.807) is 26.0 Å². The van der Waals surface area contributed by atoms with Crippen molar-refractivity contribution in [1.29, 1.82) is 0 Å². The third kappa shape index (κ3) is 8.25. The Bertz CT molecular complexity index is 1020. The smallest absolute Gasteiger partial charge is 0.221 e. The highest BCUT2D eigenvalue weighted by Gasteiger charge is 2.13. The van der Waals surface area contributed by atoms with Gasteiger partial charge in [-0.1, -0.05) is 36.0 Å². The van der Waals surface area contributed by atoms with Gasteiger partial charge >= 0.3 is 0 Å². The van der Waals surface area contributed by atoms with Crippen LogP contribution < -0.4 is 14.8 Å². The van der Waals surface area contributed by atoms with Crippen molar-refractivity contribution in [2.75, 3.05) is 25.8 Å². The van der Waals surface area contributed by atoms with Crippen LogP contribution in [0.4, 0.5) is 11.4 Å². The predicted octanol–water partition coefficient (Wildman–Crippen LogP) is 6.33. The zero-order chi connectivity index (χ0) is 23.6. The molecule has 0 aliphatic rings. The number of carbonyl (C=O) groups excluding carboxylic acids is 1. The second kappa shape index (κ2) is 13.9. The Hall–Kier alpha value is -2.72. The van der Waals surface area contributed by atoms with E-state index in [2.05, 4.69) is 34.5 Å². The van der Waals surface area contributed by atoms with Crippen LogP contribution >= 0.6 is 35.7 Å². The molecule has 0 aliphatic carbocycles. The molecule has 0 saturated heterocycles. The van der Waals surface area contributed by atoms with Gasteiger partial charge in [-0.15, -0.1) is 24.0 Å². The fourth-order valence-electron chi connectivity index (χ4n) is 3.27. The first-order valence-corrected chi connectivity index (χ1v) is 11.7. The van der Waals surface area contributed by atoms with E-state index in [0.717, 1.165) is 39.2 Å². The summed E-state index contributed by atoms with van der Waals surface area (Å²) >= 11 is 1.60. The lowest BCUT2D eigenvalue weighted by Gasteiger charge is -2.26. The van der Waals surface area contributed by atoms with Gasteiger partial charge in [0, 0.05) is 25.7 Å². The van der Waals surface area contributed by atoms with Gasteiger partial charge in [0.15, 0.2) is 5.17 Å². The molecule has 0 aliphatic heterocycles. The monoisotopic (exact) mass is 591 g/mol. The van der Waals surface area contributed by atoms with Crippen LogP contribution in [-0.4, -0.2) is 36.5 Å². The molecule has 0 heterocycles. The quantitative estimate of drug-likeness (QED) is 0.188. The molecule has 34 heavy (non-hydrogen) atoms. The van der Waals surface area contributed by atoms with Gasteiger partial charge < -0.3 is 19.7 Å². The molecule has 180 valence electrons. The number of carbonyl (C=O) groups is 1. The Morgan fingerprint density at radius 3 is 1.71 bits per heavy atom. The molecule has 3 aromatic rings. The first-order valence-electron chi connectivity index (χ1n) is 10.5.